The van der Waals surface area contributed by atoms with E-state index in [0.717, 1.165) is 45.6 Å². The highest BCUT2D eigenvalue weighted by Gasteiger charge is 2.29. The summed E-state index contributed by atoms with van der Waals surface area (Å²) in [4.78, 5) is 17.1. The van der Waals surface area contributed by atoms with Crippen molar-refractivity contribution >= 4 is 29.1 Å². The fourth-order valence-corrected chi connectivity index (χ4v) is 3.93. The lowest BCUT2D eigenvalue weighted by atomic mass is 9.94. The van der Waals surface area contributed by atoms with Gasteiger partial charge in [0.25, 0.3) is 0 Å². The Labute approximate surface area is 148 Å². The Balaban J connectivity index is 1.49. The van der Waals surface area contributed by atoms with Crippen molar-refractivity contribution in [3.63, 3.8) is 0 Å². The predicted octanol–water partition coefficient (Wildman–Crippen LogP) is 4.22. The monoisotopic (exact) mass is 354 g/mol. The highest BCUT2D eigenvalue weighted by atomic mass is 35.5. The van der Waals surface area contributed by atoms with Gasteiger partial charge in [-0.25, -0.2) is 0 Å². The van der Waals surface area contributed by atoms with Gasteiger partial charge in [0.15, 0.2) is 0 Å². The fourth-order valence-electron chi connectivity index (χ4n) is 3.61. The number of benzene rings is 1. The number of likely N-dealkylation sites (tertiary alicyclic amines) is 2. The molecule has 1 aromatic rings. The Hall–Kier alpha value is -0.770. The molecule has 3 rings (SSSR count). The summed E-state index contributed by atoms with van der Waals surface area (Å²) in [6, 6.07) is 5.82. The summed E-state index contributed by atoms with van der Waals surface area (Å²) in [7, 11) is 0. The molecule has 2 saturated heterocycles. The normalized spacial score (nSPS) is 20.7. The van der Waals surface area contributed by atoms with Crippen molar-refractivity contribution in [2.24, 2.45) is 5.92 Å². The summed E-state index contributed by atoms with van der Waals surface area (Å²) in [6.07, 6.45) is 5.54. The molecule has 0 aliphatic carbocycles. The first-order chi connectivity index (χ1) is 11.1. The van der Waals surface area contributed by atoms with E-state index >= 15 is 0 Å². The van der Waals surface area contributed by atoms with Crippen LogP contribution in [0.15, 0.2) is 18.2 Å². The lowest BCUT2D eigenvalue weighted by molar-refractivity contribution is -0.138. The van der Waals surface area contributed by atoms with Crippen LogP contribution in [0, 0.1) is 5.92 Å². The topological polar surface area (TPSA) is 23.6 Å². The van der Waals surface area contributed by atoms with E-state index < -0.39 is 0 Å². The van der Waals surface area contributed by atoms with Gasteiger partial charge in [-0.15, -0.1) is 0 Å². The minimum absolute atomic E-state index is 0.221. The molecule has 0 saturated carbocycles. The van der Waals surface area contributed by atoms with Crippen molar-refractivity contribution in [3.8, 4) is 0 Å². The maximum Gasteiger partial charge on any atom is 0.225 e. The van der Waals surface area contributed by atoms with Crippen molar-refractivity contribution in [3.05, 3.63) is 33.8 Å². The van der Waals surface area contributed by atoms with E-state index in [9.17, 15) is 4.79 Å². The number of halogens is 2. The summed E-state index contributed by atoms with van der Waals surface area (Å²) in [6.45, 7) is 4.75. The molecule has 126 valence electrons. The molecule has 1 amide bonds. The highest BCUT2D eigenvalue weighted by molar-refractivity contribution is 6.42. The second kappa shape index (κ2) is 7.87. The van der Waals surface area contributed by atoms with Gasteiger partial charge < -0.3 is 4.90 Å². The largest absolute Gasteiger partial charge is 0.342 e. The molecule has 2 heterocycles. The van der Waals surface area contributed by atoms with Crippen LogP contribution in [-0.2, 0) is 11.3 Å². The van der Waals surface area contributed by atoms with Gasteiger partial charge in [-0.3, -0.25) is 9.69 Å². The van der Waals surface area contributed by atoms with Crippen molar-refractivity contribution < 1.29 is 4.79 Å². The summed E-state index contributed by atoms with van der Waals surface area (Å²) < 4.78 is 0. The van der Waals surface area contributed by atoms with Crippen molar-refractivity contribution in [2.45, 2.75) is 38.6 Å². The minimum atomic E-state index is 0.221. The molecule has 0 spiro atoms. The average Bonchev–Trinajstić information content (AvgIpc) is 2.59. The van der Waals surface area contributed by atoms with Gasteiger partial charge in [0.1, 0.15) is 0 Å². The first kappa shape index (κ1) is 17.1. The smallest absolute Gasteiger partial charge is 0.225 e. The average molecular weight is 355 g/mol. The molecule has 3 nitrogen and oxygen atoms in total. The van der Waals surface area contributed by atoms with Crippen LogP contribution in [0.5, 0.6) is 0 Å². The SMILES string of the molecule is O=C(C1CCN(Cc2ccc(Cl)c(Cl)c2)CC1)N1CCCCC1. The van der Waals surface area contributed by atoms with Gasteiger partial charge in [0, 0.05) is 25.6 Å². The van der Waals surface area contributed by atoms with Crippen LogP contribution < -0.4 is 0 Å². The minimum Gasteiger partial charge on any atom is -0.342 e. The molecule has 23 heavy (non-hydrogen) atoms. The number of rotatable bonds is 3. The molecule has 0 unspecified atom stereocenters. The first-order valence-electron chi connectivity index (χ1n) is 8.58. The van der Waals surface area contributed by atoms with Crippen LogP contribution in [0.25, 0.3) is 0 Å². The number of hydrogen-bond donors (Lipinski definition) is 0. The molecule has 2 aliphatic rings. The Morgan fingerprint density at radius 1 is 1.00 bits per heavy atom. The number of carbonyl (C=O) groups excluding carboxylic acids is 1. The van der Waals surface area contributed by atoms with E-state index in [2.05, 4.69) is 9.80 Å². The third-order valence-corrected chi connectivity index (χ3v) is 5.73. The van der Waals surface area contributed by atoms with E-state index in [4.69, 9.17) is 23.2 Å². The van der Waals surface area contributed by atoms with Crippen LogP contribution in [0.2, 0.25) is 10.0 Å². The zero-order valence-corrected chi connectivity index (χ0v) is 15.0. The molecular formula is C18H24Cl2N2O. The summed E-state index contributed by atoms with van der Waals surface area (Å²) in [5.74, 6) is 0.608. The first-order valence-corrected chi connectivity index (χ1v) is 9.34. The van der Waals surface area contributed by atoms with Crippen LogP contribution in [0.4, 0.5) is 0 Å². The lowest BCUT2D eigenvalue weighted by Crippen LogP contribution is -2.44. The molecule has 2 fully saturated rings. The fraction of sp³-hybridized carbons (Fsp3) is 0.611. The molecule has 0 atom stereocenters. The van der Waals surface area contributed by atoms with Gasteiger partial charge in [-0.1, -0.05) is 29.3 Å². The number of hydrogen-bond acceptors (Lipinski definition) is 2. The lowest BCUT2D eigenvalue weighted by Gasteiger charge is -2.35. The zero-order chi connectivity index (χ0) is 16.2. The van der Waals surface area contributed by atoms with Gasteiger partial charge in [-0.05, 0) is 62.9 Å². The Morgan fingerprint density at radius 3 is 2.35 bits per heavy atom. The second-order valence-electron chi connectivity index (χ2n) is 6.68. The van der Waals surface area contributed by atoms with Gasteiger partial charge in [0.05, 0.1) is 10.0 Å². The van der Waals surface area contributed by atoms with E-state index in [0.29, 0.717) is 16.0 Å². The summed E-state index contributed by atoms with van der Waals surface area (Å²) >= 11 is 12.0. The van der Waals surface area contributed by atoms with Crippen molar-refractivity contribution in [1.82, 2.24) is 9.80 Å². The van der Waals surface area contributed by atoms with E-state index in [-0.39, 0.29) is 5.92 Å². The quantitative estimate of drug-likeness (QED) is 0.811. The van der Waals surface area contributed by atoms with E-state index in [1.165, 1.54) is 24.8 Å². The van der Waals surface area contributed by atoms with Gasteiger partial charge >= 0.3 is 0 Å². The van der Waals surface area contributed by atoms with Crippen LogP contribution >= 0.6 is 23.2 Å². The maximum absolute atomic E-state index is 12.6. The van der Waals surface area contributed by atoms with Gasteiger partial charge in [-0.2, -0.15) is 0 Å². The van der Waals surface area contributed by atoms with Crippen LogP contribution in [-0.4, -0.2) is 41.9 Å². The van der Waals surface area contributed by atoms with E-state index in [1.807, 2.05) is 18.2 Å². The number of carbonyl (C=O) groups is 1. The van der Waals surface area contributed by atoms with Crippen molar-refractivity contribution in [1.29, 1.82) is 0 Å². The van der Waals surface area contributed by atoms with Crippen LogP contribution in [0.3, 0.4) is 0 Å². The Kier molecular flexibility index (Phi) is 5.84. The predicted molar refractivity (Wildman–Crippen MR) is 94.9 cm³/mol. The Morgan fingerprint density at radius 2 is 1.70 bits per heavy atom. The summed E-state index contributed by atoms with van der Waals surface area (Å²) in [5.41, 5.74) is 1.18. The van der Waals surface area contributed by atoms with Crippen molar-refractivity contribution in [2.75, 3.05) is 26.2 Å². The molecule has 2 aliphatic heterocycles. The highest BCUT2D eigenvalue weighted by Crippen LogP contribution is 2.26. The molecule has 0 aromatic heterocycles. The standard InChI is InChI=1S/C18H24Cl2N2O/c19-16-5-4-14(12-17(16)20)13-21-10-6-15(7-11-21)18(23)22-8-2-1-3-9-22/h4-5,12,15H,1-3,6-11,13H2. The molecular weight excluding hydrogens is 331 g/mol. The van der Waals surface area contributed by atoms with Crippen LogP contribution in [0.1, 0.15) is 37.7 Å². The number of nitrogens with zero attached hydrogens (tertiary/aromatic N) is 2. The maximum atomic E-state index is 12.6. The number of amides is 1. The number of piperidine rings is 2. The second-order valence-corrected chi connectivity index (χ2v) is 7.50. The Bertz CT molecular complexity index is 550. The summed E-state index contributed by atoms with van der Waals surface area (Å²) in [5, 5.41) is 1.21. The molecule has 0 bridgehead atoms. The third-order valence-electron chi connectivity index (χ3n) is 4.99. The van der Waals surface area contributed by atoms with Gasteiger partial charge in [0.2, 0.25) is 5.91 Å². The molecule has 0 N–H and O–H groups in total. The molecule has 1 aromatic carbocycles. The molecule has 0 radical (unpaired) electrons. The van der Waals surface area contributed by atoms with E-state index in [1.54, 1.807) is 0 Å². The third kappa shape index (κ3) is 4.40. The zero-order valence-electron chi connectivity index (χ0n) is 13.4. The molecule has 5 heteroatoms.